The zero-order chi connectivity index (χ0) is 21.3. The maximum Gasteiger partial charge on any atom is 0.322 e. The Bertz CT molecular complexity index is 1090. The van der Waals surface area contributed by atoms with E-state index < -0.39 is 6.04 Å². The number of hydrogen-bond donors (Lipinski definition) is 1. The molecule has 1 N–H and O–H groups in total. The summed E-state index contributed by atoms with van der Waals surface area (Å²) in [7, 11) is 0. The van der Waals surface area contributed by atoms with Gasteiger partial charge in [-0.15, -0.1) is 0 Å². The Morgan fingerprint density at radius 1 is 1.07 bits per heavy atom. The van der Waals surface area contributed by atoms with Crippen LogP contribution in [-0.4, -0.2) is 27.6 Å². The summed E-state index contributed by atoms with van der Waals surface area (Å²) < 4.78 is 5.64. The highest BCUT2D eigenvalue weighted by molar-refractivity contribution is 6.30. The number of carbonyl (C=O) groups excluding carboxylic acids is 1. The number of hydrogen-bond acceptors (Lipinski definition) is 4. The van der Waals surface area contributed by atoms with Crippen LogP contribution in [0.3, 0.4) is 0 Å². The molecular formula is C22H20Cl2N4O2. The molecule has 2 amide bonds. The lowest BCUT2D eigenvalue weighted by Gasteiger charge is -2.35. The van der Waals surface area contributed by atoms with Gasteiger partial charge in [-0.25, -0.2) is 4.79 Å². The number of aromatic nitrogens is 2. The van der Waals surface area contributed by atoms with Crippen LogP contribution in [0.2, 0.25) is 10.0 Å². The van der Waals surface area contributed by atoms with Crippen LogP contribution < -0.4 is 5.32 Å². The quantitative estimate of drug-likeness (QED) is 0.529. The normalized spacial score (nSPS) is 16.7. The van der Waals surface area contributed by atoms with Gasteiger partial charge < -0.3 is 9.84 Å². The van der Waals surface area contributed by atoms with Crippen molar-refractivity contribution in [1.29, 1.82) is 0 Å². The first-order chi connectivity index (χ1) is 14.5. The summed E-state index contributed by atoms with van der Waals surface area (Å²) in [6.07, 6.45) is 0.823. The van der Waals surface area contributed by atoms with Gasteiger partial charge >= 0.3 is 6.03 Å². The maximum atomic E-state index is 12.8. The summed E-state index contributed by atoms with van der Waals surface area (Å²) in [6, 6.07) is 14.0. The van der Waals surface area contributed by atoms with Gasteiger partial charge in [0.05, 0.1) is 11.6 Å². The molecule has 0 radical (unpaired) electrons. The van der Waals surface area contributed by atoms with Gasteiger partial charge in [-0.1, -0.05) is 47.4 Å². The molecule has 4 rings (SSSR count). The van der Waals surface area contributed by atoms with E-state index in [1.54, 1.807) is 29.2 Å². The van der Waals surface area contributed by atoms with Crippen molar-refractivity contribution >= 4 is 34.8 Å². The third-order valence-electron chi connectivity index (χ3n) is 5.01. The second kappa shape index (κ2) is 8.50. The van der Waals surface area contributed by atoms with Crippen LogP contribution >= 0.6 is 23.2 Å². The molecule has 2 heterocycles. The molecule has 0 saturated heterocycles. The number of nitrogens with one attached hydrogen (secondary N) is 1. The molecule has 0 bridgehead atoms. The number of nitrogens with zero attached hydrogens (tertiary/aromatic N) is 3. The number of urea groups is 1. The van der Waals surface area contributed by atoms with Crippen LogP contribution in [-0.2, 0) is 0 Å². The summed E-state index contributed by atoms with van der Waals surface area (Å²) in [5, 5.41) is 8.46. The van der Waals surface area contributed by atoms with Gasteiger partial charge in [0.15, 0.2) is 0 Å². The van der Waals surface area contributed by atoms with E-state index >= 15 is 0 Å². The average molecular weight is 443 g/mol. The fourth-order valence-electron chi connectivity index (χ4n) is 3.51. The average Bonchev–Trinajstić information content (AvgIpc) is 3.21. The SMILES string of the molecule is CCCN1C(=O)NC(c2ccc(Cl)cc2)C(c2nc(-c3ccc(Cl)cc3)no2)=C1C. The Kier molecular flexibility index (Phi) is 5.79. The van der Waals surface area contributed by atoms with Crippen LogP contribution in [0.15, 0.2) is 58.8 Å². The van der Waals surface area contributed by atoms with Crippen molar-refractivity contribution in [2.45, 2.75) is 26.3 Å². The summed E-state index contributed by atoms with van der Waals surface area (Å²) in [5.74, 6) is 0.814. The number of benzene rings is 2. The van der Waals surface area contributed by atoms with Gasteiger partial charge in [-0.3, -0.25) is 4.90 Å². The lowest BCUT2D eigenvalue weighted by molar-refractivity contribution is 0.205. The van der Waals surface area contributed by atoms with E-state index in [0.29, 0.717) is 28.3 Å². The minimum atomic E-state index is -0.429. The monoisotopic (exact) mass is 442 g/mol. The minimum Gasteiger partial charge on any atom is -0.334 e. The highest BCUT2D eigenvalue weighted by Gasteiger charge is 2.35. The van der Waals surface area contributed by atoms with Crippen molar-refractivity contribution < 1.29 is 9.32 Å². The lowest BCUT2D eigenvalue weighted by Crippen LogP contribution is -2.46. The fourth-order valence-corrected chi connectivity index (χ4v) is 3.76. The van der Waals surface area contributed by atoms with E-state index in [-0.39, 0.29) is 6.03 Å². The Morgan fingerprint density at radius 3 is 2.33 bits per heavy atom. The summed E-state index contributed by atoms with van der Waals surface area (Å²) >= 11 is 12.0. The summed E-state index contributed by atoms with van der Waals surface area (Å²) in [4.78, 5) is 19.1. The molecule has 8 heteroatoms. The van der Waals surface area contributed by atoms with Gasteiger partial charge in [0, 0.05) is 27.9 Å². The molecule has 1 unspecified atom stereocenters. The number of carbonyl (C=O) groups is 1. The van der Waals surface area contributed by atoms with Crippen LogP contribution in [0, 0.1) is 0 Å². The Labute approximate surface area is 184 Å². The predicted molar refractivity (Wildman–Crippen MR) is 117 cm³/mol. The molecule has 0 saturated carbocycles. The van der Waals surface area contributed by atoms with Crippen LogP contribution in [0.4, 0.5) is 4.79 Å². The van der Waals surface area contributed by atoms with E-state index in [1.165, 1.54) is 0 Å². The summed E-state index contributed by atoms with van der Waals surface area (Å²) in [6.45, 7) is 4.52. The van der Waals surface area contributed by atoms with Crippen molar-refractivity contribution in [3.05, 3.63) is 75.7 Å². The number of allylic oxidation sites excluding steroid dienone is 1. The first-order valence-corrected chi connectivity index (χ1v) is 10.4. The molecule has 0 aliphatic carbocycles. The molecule has 0 spiro atoms. The predicted octanol–water partition coefficient (Wildman–Crippen LogP) is 5.95. The van der Waals surface area contributed by atoms with Gasteiger partial charge in [-0.05, 0) is 55.3 Å². The molecule has 30 heavy (non-hydrogen) atoms. The Balaban J connectivity index is 1.80. The van der Waals surface area contributed by atoms with Crippen molar-refractivity contribution in [3.63, 3.8) is 0 Å². The highest BCUT2D eigenvalue weighted by atomic mass is 35.5. The van der Waals surface area contributed by atoms with E-state index in [4.69, 9.17) is 27.7 Å². The van der Waals surface area contributed by atoms with Gasteiger partial charge in [0.25, 0.3) is 5.89 Å². The topological polar surface area (TPSA) is 71.3 Å². The van der Waals surface area contributed by atoms with Gasteiger partial charge in [0.2, 0.25) is 5.82 Å². The molecule has 3 aromatic rings. The first-order valence-electron chi connectivity index (χ1n) is 9.62. The molecule has 1 aliphatic rings. The number of halogens is 2. The van der Waals surface area contributed by atoms with E-state index in [2.05, 4.69) is 15.5 Å². The zero-order valence-electron chi connectivity index (χ0n) is 16.5. The molecule has 1 aliphatic heterocycles. The third kappa shape index (κ3) is 3.93. The van der Waals surface area contributed by atoms with Gasteiger partial charge in [0.1, 0.15) is 0 Å². The number of rotatable bonds is 5. The molecule has 1 aromatic heterocycles. The zero-order valence-corrected chi connectivity index (χ0v) is 18.0. The molecule has 0 fully saturated rings. The second-order valence-electron chi connectivity index (χ2n) is 7.01. The van der Waals surface area contributed by atoms with Crippen LogP contribution in [0.5, 0.6) is 0 Å². The van der Waals surface area contributed by atoms with Crippen molar-refractivity contribution in [3.8, 4) is 11.4 Å². The largest absolute Gasteiger partial charge is 0.334 e. The Morgan fingerprint density at radius 2 is 1.70 bits per heavy atom. The summed E-state index contributed by atoms with van der Waals surface area (Å²) in [5.41, 5.74) is 3.22. The number of amides is 2. The highest BCUT2D eigenvalue weighted by Crippen LogP contribution is 2.37. The molecule has 154 valence electrons. The van der Waals surface area contributed by atoms with Crippen molar-refractivity contribution in [2.24, 2.45) is 0 Å². The molecule has 6 nitrogen and oxygen atoms in total. The third-order valence-corrected chi connectivity index (χ3v) is 5.51. The second-order valence-corrected chi connectivity index (χ2v) is 7.89. The fraction of sp³-hybridized carbons (Fsp3) is 0.227. The minimum absolute atomic E-state index is 0.157. The van der Waals surface area contributed by atoms with E-state index in [1.807, 2.05) is 38.1 Å². The van der Waals surface area contributed by atoms with Crippen LogP contribution in [0.1, 0.15) is 37.8 Å². The van der Waals surface area contributed by atoms with Gasteiger partial charge in [-0.2, -0.15) is 4.98 Å². The lowest BCUT2D eigenvalue weighted by atomic mass is 9.94. The molecule has 2 aromatic carbocycles. The Hall–Kier alpha value is -2.83. The van der Waals surface area contributed by atoms with Crippen molar-refractivity contribution in [2.75, 3.05) is 6.54 Å². The van der Waals surface area contributed by atoms with Crippen molar-refractivity contribution in [1.82, 2.24) is 20.4 Å². The first kappa shape index (κ1) is 20.4. The molecule has 1 atom stereocenters. The van der Waals surface area contributed by atoms with Crippen LogP contribution in [0.25, 0.3) is 17.0 Å². The molecular weight excluding hydrogens is 423 g/mol. The van der Waals surface area contributed by atoms with E-state index in [0.717, 1.165) is 28.8 Å². The maximum absolute atomic E-state index is 12.8. The smallest absolute Gasteiger partial charge is 0.322 e. The van der Waals surface area contributed by atoms with E-state index in [9.17, 15) is 4.79 Å². The standard InChI is InChI=1S/C22H20Cl2N4O2/c1-3-12-28-13(2)18(19(25-22(28)29)14-4-8-16(23)9-5-14)21-26-20(27-30-21)15-6-10-17(24)11-7-15/h4-11,19H,3,12H2,1-2H3,(H,25,29).